The first-order valence-corrected chi connectivity index (χ1v) is 9.02. The number of carbonyl (C=O) groups is 2. The molecule has 0 aliphatic carbocycles. The molecule has 0 spiro atoms. The summed E-state index contributed by atoms with van der Waals surface area (Å²) in [5.74, 6) is -0.964. The number of nitrogens with one attached hydrogen (secondary N) is 2. The summed E-state index contributed by atoms with van der Waals surface area (Å²) in [7, 11) is 0. The SMILES string of the molecule is Cc1nc(C(=O)NCCn2cc(C(=O)NCc3ccc(F)cc3)nn2)cs1. The van der Waals surface area contributed by atoms with E-state index in [0.29, 0.717) is 18.8 Å². The summed E-state index contributed by atoms with van der Waals surface area (Å²) in [4.78, 5) is 28.1. The molecular formula is C17H17FN6O2S. The van der Waals surface area contributed by atoms with E-state index in [4.69, 9.17) is 0 Å². The normalized spacial score (nSPS) is 10.6. The fourth-order valence-electron chi connectivity index (χ4n) is 2.23. The number of nitrogens with zero attached hydrogens (tertiary/aromatic N) is 4. The van der Waals surface area contributed by atoms with Crippen LogP contribution in [-0.4, -0.2) is 38.3 Å². The number of rotatable bonds is 7. The molecule has 27 heavy (non-hydrogen) atoms. The van der Waals surface area contributed by atoms with Crippen LogP contribution in [0.2, 0.25) is 0 Å². The van der Waals surface area contributed by atoms with Gasteiger partial charge < -0.3 is 10.6 Å². The number of aryl methyl sites for hydroxylation is 1. The first-order chi connectivity index (χ1) is 13.0. The molecule has 1 aromatic carbocycles. The lowest BCUT2D eigenvalue weighted by Crippen LogP contribution is -2.27. The molecule has 0 atom stereocenters. The van der Waals surface area contributed by atoms with Crippen molar-refractivity contribution in [1.82, 2.24) is 30.6 Å². The summed E-state index contributed by atoms with van der Waals surface area (Å²) in [5, 5.41) is 15.6. The van der Waals surface area contributed by atoms with Crippen molar-refractivity contribution in [2.75, 3.05) is 6.54 Å². The first kappa shape index (κ1) is 18.6. The lowest BCUT2D eigenvalue weighted by Gasteiger charge is -2.03. The van der Waals surface area contributed by atoms with E-state index in [0.717, 1.165) is 10.6 Å². The Bertz CT molecular complexity index is 937. The van der Waals surface area contributed by atoms with Crippen LogP contribution in [0.1, 0.15) is 31.5 Å². The lowest BCUT2D eigenvalue weighted by molar-refractivity contribution is 0.0938. The average molecular weight is 388 g/mol. The standard InChI is InChI=1S/C17H17FN6O2S/c1-11-21-15(10-27-11)17(26)19-6-7-24-9-14(22-23-24)16(25)20-8-12-2-4-13(18)5-3-12/h2-5,9-10H,6-8H2,1H3,(H,19,26)(H,20,25). The molecule has 8 nitrogen and oxygen atoms in total. The fraction of sp³-hybridized carbons (Fsp3) is 0.235. The minimum absolute atomic E-state index is 0.165. The molecule has 2 amide bonds. The number of halogens is 1. The maximum Gasteiger partial charge on any atom is 0.273 e. The minimum atomic E-state index is -0.382. The van der Waals surface area contributed by atoms with Crippen LogP contribution >= 0.6 is 11.3 Å². The number of carbonyl (C=O) groups excluding carboxylic acids is 2. The molecule has 0 radical (unpaired) electrons. The van der Waals surface area contributed by atoms with E-state index in [9.17, 15) is 14.0 Å². The van der Waals surface area contributed by atoms with Gasteiger partial charge in [-0.15, -0.1) is 16.4 Å². The van der Waals surface area contributed by atoms with Crippen molar-refractivity contribution in [3.8, 4) is 0 Å². The average Bonchev–Trinajstić information content (AvgIpc) is 3.30. The van der Waals surface area contributed by atoms with Gasteiger partial charge in [-0.1, -0.05) is 17.3 Å². The Balaban J connectivity index is 1.45. The van der Waals surface area contributed by atoms with Gasteiger partial charge in [-0.3, -0.25) is 9.59 Å². The van der Waals surface area contributed by atoms with Gasteiger partial charge >= 0.3 is 0 Å². The molecule has 0 aliphatic heterocycles. The Morgan fingerprint density at radius 2 is 1.89 bits per heavy atom. The van der Waals surface area contributed by atoms with Crippen LogP contribution in [0.4, 0.5) is 4.39 Å². The Morgan fingerprint density at radius 3 is 2.59 bits per heavy atom. The monoisotopic (exact) mass is 388 g/mol. The summed E-state index contributed by atoms with van der Waals surface area (Å²) in [6.45, 7) is 2.79. The third kappa shape index (κ3) is 5.17. The van der Waals surface area contributed by atoms with Crippen LogP contribution in [0.25, 0.3) is 0 Å². The zero-order valence-corrected chi connectivity index (χ0v) is 15.3. The second-order valence-corrected chi connectivity index (χ2v) is 6.75. The van der Waals surface area contributed by atoms with Gasteiger partial charge in [0, 0.05) is 18.5 Å². The van der Waals surface area contributed by atoms with Crippen molar-refractivity contribution in [2.24, 2.45) is 0 Å². The number of hydrogen-bond donors (Lipinski definition) is 2. The zero-order chi connectivity index (χ0) is 19.2. The summed E-state index contributed by atoms with van der Waals surface area (Å²) >= 11 is 1.41. The van der Waals surface area contributed by atoms with Crippen LogP contribution in [0.5, 0.6) is 0 Å². The fourth-order valence-corrected chi connectivity index (χ4v) is 2.82. The molecule has 2 aromatic heterocycles. The Labute approximate surface area is 158 Å². The largest absolute Gasteiger partial charge is 0.349 e. The molecule has 3 aromatic rings. The third-order valence-corrected chi connectivity index (χ3v) is 4.39. The van der Waals surface area contributed by atoms with Gasteiger partial charge in [0.25, 0.3) is 11.8 Å². The quantitative estimate of drug-likeness (QED) is 0.639. The van der Waals surface area contributed by atoms with E-state index in [1.807, 2.05) is 6.92 Å². The predicted molar refractivity (Wildman–Crippen MR) is 96.8 cm³/mol. The van der Waals surface area contributed by atoms with Crippen molar-refractivity contribution in [2.45, 2.75) is 20.0 Å². The van der Waals surface area contributed by atoms with Crippen molar-refractivity contribution in [3.05, 3.63) is 63.6 Å². The van der Waals surface area contributed by atoms with Crippen LogP contribution in [-0.2, 0) is 13.1 Å². The minimum Gasteiger partial charge on any atom is -0.349 e. The van der Waals surface area contributed by atoms with Crippen LogP contribution < -0.4 is 10.6 Å². The summed E-state index contributed by atoms with van der Waals surface area (Å²) in [6, 6.07) is 5.86. The van der Waals surface area contributed by atoms with Gasteiger partial charge in [0.15, 0.2) is 5.69 Å². The van der Waals surface area contributed by atoms with Crippen molar-refractivity contribution < 1.29 is 14.0 Å². The number of thiazole rings is 1. The van der Waals surface area contributed by atoms with Gasteiger partial charge in [0.1, 0.15) is 11.5 Å². The first-order valence-electron chi connectivity index (χ1n) is 8.14. The molecule has 10 heteroatoms. The topological polar surface area (TPSA) is 102 Å². The molecule has 0 saturated heterocycles. The van der Waals surface area contributed by atoms with Gasteiger partial charge in [0.05, 0.1) is 17.7 Å². The Hall–Kier alpha value is -3.14. The van der Waals surface area contributed by atoms with E-state index >= 15 is 0 Å². The van der Waals surface area contributed by atoms with Crippen molar-refractivity contribution in [1.29, 1.82) is 0 Å². The zero-order valence-electron chi connectivity index (χ0n) is 14.5. The molecule has 3 rings (SSSR count). The molecule has 0 bridgehead atoms. The predicted octanol–water partition coefficient (Wildman–Crippen LogP) is 1.54. The van der Waals surface area contributed by atoms with E-state index < -0.39 is 0 Å². The Kier molecular flexibility index (Phi) is 5.87. The maximum absolute atomic E-state index is 12.9. The van der Waals surface area contributed by atoms with Gasteiger partial charge in [0.2, 0.25) is 0 Å². The van der Waals surface area contributed by atoms with Crippen LogP contribution in [0, 0.1) is 12.7 Å². The number of benzene rings is 1. The van der Waals surface area contributed by atoms with Gasteiger partial charge in [-0.25, -0.2) is 14.1 Å². The second-order valence-electron chi connectivity index (χ2n) is 5.68. The van der Waals surface area contributed by atoms with E-state index in [1.165, 1.54) is 34.3 Å². The number of amides is 2. The van der Waals surface area contributed by atoms with E-state index in [2.05, 4.69) is 25.9 Å². The highest BCUT2D eigenvalue weighted by molar-refractivity contribution is 7.09. The molecule has 2 N–H and O–H groups in total. The van der Waals surface area contributed by atoms with Gasteiger partial charge in [-0.2, -0.15) is 0 Å². The van der Waals surface area contributed by atoms with Crippen LogP contribution in [0.15, 0.2) is 35.8 Å². The molecule has 2 heterocycles. The highest BCUT2D eigenvalue weighted by Gasteiger charge is 2.12. The van der Waals surface area contributed by atoms with E-state index in [1.54, 1.807) is 17.5 Å². The summed E-state index contributed by atoms with van der Waals surface area (Å²) in [5.41, 5.74) is 1.33. The maximum atomic E-state index is 12.9. The molecule has 0 aliphatic rings. The highest BCUT2D eigenvalue weighted by atomic mass is 32.1. The van der Waals surface area contributed by atoms with Gasteiger partial charge in [-0.05, 0) is 24.6 Å². The van der Waals surface area contributed by atoms with E-state index in [-0.39, 0.29) is 29.9 Å². The third-order valence-electron chi connectivity index (χ3n) is 3.62. The molecule has 140 valence electrons. The molecule has 0 fully saturated rings. The summed E-state index contributed by atoms with van der Waals surface area (Å²) in [6.07, 6.45) is 1.50. The summed E-state index contributed by atoms with van der Waals surface area (Å²) < 4.78 is 14.3. The number of aromatic nitrogens is 4. The number of hydrogen-bond acceptors (Lipinski definition) is 6. The Morgan fingerprint density at radius 1 is 1.15 bits per heavy atom. The second kappa shape index (κ2) is 8.49. The van der Waals surface area contributed by atoms with Crippen molar-refractivity contribution >= 4 is 23.2 Å². The molecule has 0 unspecified atom stereocenters. The van der Waals surface area contributed by atoms with Crippen LogP contribution in [0.3, 0.4) is 0 Å². The van der Waals surface area contributed by atoms with Crippen molar-refractivity contribution in [3.63, 3.8) is 0 Å². The smallest absolute Gasteiger partial charge is 0.273 e. The highest BCUT2D eigenvalue weighted by Crippen LogP contribution is 2.07. The molecular weight excluding hydrogens is 371 g/mol. The lowest BCUT2D eigenvalue weighted by atomic mass is 10.2. The molecule has 0 saturated carbocycles.